The van der Waals surface area contributed by atoms with Crippen LogP contribution < -0.4 is 0 Å². The maximum Gasteiger partial charge on any atom is 0.182 e. The topological polar surface area (TPSA) is 20.7 Å². The van der Waals surface area contributed by atoms with E-state index in [2.05, 4.69) is 61.5 Å². The first-order valence-electron chi connectivity index (χ1n) is 6.83. The Balaban J connectivity index is 2.47. The molecule has 0 saturated heterocycles. The summed E-state index contributed by atoms with van der Waals surface area (Å²) in [4.78, 5) is 3.16. The lowest BCUT2D eigenvalue weighted by atomic mass is 9.92. The van der Waals surface area contributed by atoms with Crippen molar-refractivity contribution in [1.82, 2.24) is 9.55 Å². The lowest BCUT2D eigenvalue weighted by molar-refractivity contribution is 0.556. The van der Waals surface area contributed by atoms with Crippen molar-refractivity contribution in [2.24, 2.45) is 0 Å². The van der Waals surface area contributed by atoms with Crippen molar-refractivity contribution in [2.75, 3.05) is 0 Å². The van der Waals surface area contributed by atoms with Gasteiger partial charge in [0, 0.05) is 23.0 Å². The number of rotatable bonds is 3. The highest BCUT2D eigenvalue weighted by atomic mass is 32.1. The third-order valence-electron chi connectivity index (χ3n) is 3.28. The monoisotopic (exact) mass is 274 g/mol. The molecule has 2 nitrogen and oxygen atoms in total. The third kappa shape index (κ3) is 2.98. The Kier molecular flexibility index (Phi) is 3.95. The summed E-state index contributed by atoms with van der Waals surface area (Å²) in [5, 5.41) is 0. The quantitative estimate of drug-likeness (QED) is 0.798. The van der Waals surface area contributed by atoms with Crippen molar-refractivity contribution in [3.05, 3.63) is 46.5 Å². The van der Waals surface area contributed by atoms with Crippen LogP contribution in [0.25, 0.3) is 5.69 Å². The van der Waals surface area contributed by atoms with E-state index < -0.39 is 0 Å². The van der Waals surface area contributed by atoms with Gasteiger partial charge >= 0.3 is 0 Å². The van der Waals surface area contributed by atoms with E-state index in [-0.39, 0.29) is 5.41 Å². The Morgan fingerprint density at radius 3 is 2.32 bits per heavy atom. The van der Waals surface area contributed by atoms with Gasteiger partial charge in [-0.15, -0.1) is 0 Å². The number of hydrogen-bond acceptors (Lipinski definition) is 1. The maximum absolute atomic E-state index is 5.42. The maximum atomic E-state index is 5.42. The van der Waals surface area contributed by atoms with Crippen LogP contribution in [0.1, 0.15) is 45.4 Å². The molecule has 0 aliphatic carbocycles. The van der Waals surface area contributed by atoms with Gasteiger partial charge in [0.2, 0.25) is 0 Å². The minimum atomic E-state index is 0.0651. The van der Waals surface area contributed by atoms with Crippen LogP contribution in [0.15, 0.2) is 30.5 Å². The van der Waals surface area contributed by atoms with E-state index in [0.29, 0.717) is 0 Å². The van der Waals surface area contributed by atoms with Gasteiger partial charge in [-0.25, -0.2) is 0 Å². The van der Waals surface area contributed by atoms with E-state index in [1.165, 1.54) is 17.7 Å². The van der Waals surface area contributed by atoms with Crippen molar-refractivity contribution in [3.63, 3.8) is 0 Å². The second kappa shape index (κ2) is 5.33. The zero-order chi connectivity index (χ0) is 14.0. The highest BCUT2D eigenvalue weighted by molar-refractivity contribution is 7.71. The zero-order valence-corrected chi connectivity index (χ0v) is 13.0. The fourth-order valence-corrected chi connectivity index (χ4v) is 2.54. The molecule has 102 valence electrons. The first-order chi connectivity index (χ1) is 8.93. The molecule has 1 N–H and O–H groups in total. The van der Waals surface area contributed by atoms with E-state index in [1.807, 2.05) is 6.20 Å². The summed E-state index contributed by atoms with van der Waals surface area (Å²) in [6.45, 7) is 8.81. The van der Waals surface area contributed by atoms with Gasteiger partial charge in [0.15, 0.2) is 4.77 Å². The highest BCUT2D eigenvalue weighted by Gasteiger charge is 2.19. The van der Waals surface area contributed by atoms with Crippen LogP contribution in [-0.4, -0.2) is 9.55 Å². The Labute approximate surface area is 120 Å². The molecule has 0 fully saturated rings. The molecule has 0 aliphatic heterocycles. The van der Waals surface area contributed by atoms with Gasteiger partial charge in [0.1, 0.15) is 0 Å². The fraction of sp³-hybridized carbons (Fsp3) is 0.438. The molecule has 0 radical (unpaired) electrons. The molecule has 1 heterocycles. The number of aryl methyl sites for hydroxylation is 1. The fourth-order valence-electron chi connectivity index (χ4n) is 2.28. The largest absolute Gasteiger partial charge is 0.337 e. The minimum Gasteiger partial charge on any atom is -0.337 e. The zero-order valence-electron chi connectivity index (χ0n) is 12.2. The summed E-state index contributed by atoms with van der Waals surface area (Å²) in [5.74, 6) is 0. The molecule has 0 aliphatic rings. The van der Waals surface area contributed by atoms with E-state index in [4.69, 9.17) is 12.2 Å². The average molecular weight is 274 g/mol. The predicted molar refractivity (Wildman–Crippen MR) is 83.6 cm³/mol. The number of aromatic nitrogens is 2. The van der Waals surface area contributed by atoms with Crippen molar-refractivity contribution < 1.29 is 0 Å². The molecule has 0 amide bonds. The number of hydrogen-bond donors (Lipinski definition) is 1. The first-order valence-corrected chi connectivity index (χ1v) is 7.24. The average Bonchev–Trinajstić information content (AvgIpc) is 2.72. The van der Waals surface area contributed by atoms with Crippen molar-refractivity contribution in [2.45, 2.75) is 46.0 Å². The molecule has 2 rings (SSSR count). The number of nitrogens with zero attached hydrogens (tertiary/aromatic N) is 1. The van der Waals surface area contributed by atoms with Gasteiger partial charge in [-0.2, -0.15) is 0 Å². The third-order valence-corrected chi connectivity index (χ3v) is 3.58. The summed E-state index contributed by atoms with van der Waals surface area (Å²) >= 11 is 5.42. The molecule has 19 heavy (non-hydrogen) atoms. The first kappa shape index (κ1) is 14.1. The van der Waals surface area contributed by atoms with Crippen molar-refractivity contribution in [3.8, 4) is 5.69 Å². The molecule has 0 saturated carbocycles. The van der Waals surface area contributed by atoms with Gasteiger partial charge in [0.25, 0.3) is 0 Å². The van der Waals surface area contributed by atoms with Crippen LogP contribution in [0, 0.1) is 4.77 Å². The molecule has 0 unspecified atom stereocenters. The molecule has 0 spiro atoms. The number of imidazole rings is 1. The number of benzene rings is 1. The Morgan fingerprint density at radius 1 is 1.16 bits per heavy atom. The number of nitrogens with one attached hydrogen (secondary N) is 1. The van der Waals surface area contributed by atoms with Crippen molar-refractivity contribution >= 4 is 12.2 Å². The smallest absolute Gasteiger partial charge is 0.182 e. The van der Waals surface area contributed by atoms with Crippen LogP contribution in [0.3, 0.4) is 0 Å². The van der Waals surface area contributed by atoms with Gasteiger partial charge in [-0.3, -0.25) is 4.57 Å². The molecule has 0 atom stereocenters. The SMILES string of the molecule is CCCc1ccc(-n2c(C(C)(C)C)c[nH]c2=S)cc1. The van der Waals surface area contributed by atoms with E-state index in [9.17, 15) is 0 Å². The summed E-state index contributed by atoms with van der Waals surface area (Å²) in [7, 11) is 0. The summed E-state index contributed by atoms with van der Waals surface area (Å²) in [6, 6.07) is 8.70. The molecule has 1 aromatic carbocycles. The van der Waals surface area contributed by atoms with Gasteiger partial charge in [0.05, 0.1) is 0 Å². The van der Waals surface area contributed by atoms with Crippen LogP contribution in [0.4, 0.5) is 0 Å². The standard InChI is InChI=1S/C16H22N2S/c1-5-6-12-7-9-13(10-8-12)18-14(16(2,3)4)11-17-15(18)19/h7-11H,5-6H2,1-4H3,(H,17,19). The lowest BCUT2D eigenvalue weighted by Gasteiger charge is -2.20. The summed E-state index contributed by atoms with van der Waals surface area (Å²) in [6.07, 6.45) is 4.32. The second-order valence-corrected chi connectivity index (χ2v) is 6.37. The number of aromatic amines is 1. The predicted octanol–water partition coefficient (Wildman–Crippen LogP) is 4.78. The summed E-state index contributed by atoms with van der Waals surface area (Å²) < 4.78 is 2.89. The van der Waals surface area contributed by atoms with Crippen LogP contribution in [-0.2, 0) is 11.8 Å². The van der Waals surface area contributed by atoms with Crippen molar-refractivity contribution in [1.29, 1.82) is 0 Å². The second-order valence-electron chi connectivity index (χ2n) is 5.98. The molecular formula is C16H22N2S. The normalized spacial score (nSPS) is 11.8. The highest BCUT2D eigenvalue weighted by Crippen LogP contribution is 2.25. The Bertz CT molecular complexity index is 597. The molecular weight excluding hydrogens is 252 g/mol. The Morgan fingerprint density at radius 2 is 1.79 bits per heavy atom. The molecule has 1 aromatic heterocycles. The minimum absolute atomic E-state index is 0.0651. The number of H-pyrrole nitrogens is 1. The summed E-state index contributed by atoms with van der Waals surface area (Å²) in [5.41, 5.74) is 3.79. The van der Waals surface area contributed by atoms with Crippen LogP contribution >= 0.6 is 12.2 Å². The molecule has 3 heteroatoms. The van der Waals surface area contributed by atoms with E-state index in [0.717, 1.165) is 16.9 Å². The Hall–Kier alpha value is -1.35. The van der Waals surface area contributed by atoms with E-state index in [1.54, 1.807) is 0 Å². The van der Waals surface area contributed by atoms with E-state index >= 15 is 0 Å². The van der Waals surface area contributed by atoms with Gasteiger partial charge in [-0.05, 0) is 36.3 Å². The molecule has 0 bridgehead atoms. The van der Waals surface area contributed by atoms with Gasteiger partial charge in [-0.1, -0.05) is 46.2 Å². The lowest BCUT2D eigenvalue weighted by Crippen LogP contribution is -2.16. The van der Waals surface area contributed by atoms with Gasteiger partial charge < -0.3 is 4.98 Å². The van der Waals surface area contributed by atoms with Crippen LogP contribution in [0.5, 0.6) is 0 Å². The molecule has 2 aromatic rings. The van der Waals surface area contributed by atoms with Crippen LogP contribution in [0.2, 0.25) is 0 Å².